The van der Waals surface area contributed by atoms with Crippen LogP contribution in [0.4, 0.5) is 17.1 Å². The first-order chi connectivity index (χ1) is 15.7. The second kappa shape index (κ2) is 8.78. The van der Waals surface area contributed by atoms with E-state index in [4.69, 9.17) is 4.74 Å². The molecule has 0 saturated heterocycles. The summed E-state index contributed by atoms with van der Waals surface area (Å²) >= 11 is 0. The molecule has 0 spiro atoms. The van der Waals surface area contributed by atoms with Crippen LogP contribution in [0.1, 0.15) is 29.8 Å². The Bertz CT molecular complexity index is 1220. The van der Waals surface area contributed by atoms with Gasteiger partial charge in [-0.15, -0.1) is 0 Å². The van der Waals surface area contributed by atoms with Crippen LogP contribution in [-0.4, -0.2) is 29.9 Å². The third kappa shape index (κ3) is 4.87. The molecule has 168 valence electrons. The van der Waals surface area contributed by atoms with Crippen molar-refractivity contribution < 1.29 is 19.1 Å². The number of hydrogen-bond acceptors (Lipinski definition) is 4. The fourth-order valence-corrected chi connectivity index (χ4v) is 3.66. The Morgan fingerprint density at radius 1 is 0.909 bits per heavy atom. The molecule has 0 fully saturated rings. The molecule has 0 bridgehead atoms. The van der Waals surface area contributed by atoms with Crippen molar-refractivity contribution >= 4 is 34.8 Å². The SMILES string of the molecule is Cc1cccc(NC(=O)CN2C(=O)C(C)(C)Oc3ccc(C(=O)Nc4ccccc4)cc32)c1. The lowest BCUT2D eigenvalue weighted by atomic mass is 10.0. The minimum Gasteiger partial charge on any atom is -0.476 e. The first-order valence-electron chi connectivity index (χ1n) is 10.6. The van der Waals surface area contributed by atoms with Crippen molar-refractivity contribution in [3.63, 3.8) is 0 Å². The van der Waals surface area contributed by atoms with Crippen molar-refractivity contribution in [2.45, 2.75) is 26.4 Å². The maximum Gasteiger partial charge on any atom is 0.271 e. The van der Waals surface area contributed by atoms with E-state index in [1.54, 1.807) is 50.2 Å². The molecule has 7 heteroatoms. The molecule has 1 aliphatic heterocycles. The Morgan fingerprint density at radius 3 is 2.36 bits per heavy atom. The Morgan fingerprint density at radius 2 is 1.64 bits per heavy atom. The third-order valence-electron chi connectivity index (χ3n) is 5.27. The van der Waals surface area contributed by atoms with Crippen LogP contribution in [0.2, 0.25) is 0 Å². The highest BCUT2D eigenvalue weighted by atomic mass is 16.5. The van der Waals surface area contributed by atoms with E-state index >= 15 is 0 Å². The Labute approximate surface area is 192 Å². The van der Waals surface area contributed by atoms with Crippen molar-refractivity contribution in [2.24, 2.45) is 0 Å². The molecule has 0 atom stereocenters. The number of rotatable bonds is 5. The fraction of sp³-hybridized carbons (Fsp3) is 0.192. The second-order valence-electron chi connectivity index (χ2n) is 8.42. The van der Waals surface area contributed by atoms with E-state index < -0.39 is 5.60 Å². The first-order valence-corrected chi connectivity index (χ1v) is 10.6. The van der Waals surface area contributed by atoms with Crippen molar-refractivity contribution in [3.05, 3.63) is 83.9 Å². The Kier molecular flexibility index (Phi) is 5.87. The smallest absolute Gasteiger partial charge is 0.271 e. The predicted molar refractivity (Wildman–Crippen MR) is 128 cm³/mol. The molecule has 33 heavy (non-hydrogen) atoms. The number of nitrogens with zero attached hydrogens (tertiary/aromatic N) is 1. The van der Waals surface area contributed by atoms with Gasteiger partial charge in [0.1, 0.15) is 12.3 Å². The number of ether oxygens (including phenoxy) is 1. The maximum absolute atomic E-state index is 13.1. The van der Waals surface area contributed by atoms with E-state index in [1.165, 1.54) is 4.90 Å². The Balaban J connectivity index is 1.60. The van der Waals surface area contributed by atoms with Crippen LogP contribution in [0.5, 0.6) is 5.75 Å². The van der Waals surface area contributed by atoms with Crippen molar-refractivity contribution in [1.82, 2.24) is 0 Å². The predicted octanol–water partition coefficient (Wildman–Crippen LogP) is 4.39. The van der Waals surface area contributed by atoms with Gasteiger partial charge in [-0.1, -0.05) is 30.3 Å². The van der Waals surface area contributed by atoms with Crippen LogP contribution in [0.25, 0.3) is 0 Å². The average molecular weight is 444 g/mol. The van der Waals surface area contributed by atoms with Gasteiger partial charge in [0.25, 0.3) is 11.8 Å². The number of benzene rings is 3. The fourth-order valence-electron chi connectivity index (χ4n) is 3.66. The molecule has 0 radical (unpaired) electrons. The van der Waals surface area contributed by atoms with Gasteiger partial charge in [0.2, 0.25) is 5.91 Å². The number of para-hydroxylation sites is 1. The summed E-state index contributed by atoms with van der Waals surface area (Å²) in [5.74, 6) is -0.614. The monoisotopic (exact) mass is 443 g/mol. The molecule has 0 unspecified atom stereocenters. The van der Waals surface area contributed by atoms with Gasteiger partial charge in [0.15, 0.2) is 5.60 Å². The number of carbonyl (C=O) groups excluding carboxylic acids is 3. The lowest BCUT2D eigenvalue weighted by Gasteiger charge is -2.38. The molecule has 1 heterocycles. The number of hydrogen-bond donors (Lipinski definition) is 2. The van der Waals surface area contributed by atoms with Gasteiger partial charge in [-0.05, 0) is 68.8 Å². The van der Waals surface area contributed by atoms with Gasteiger partial charge < -0.3 is 15.4 Å². The summed E-state index contributed by atoms with van der Waals surface area (Å²) in [5, 5.41) is 5.65. The van der Waals surface area contributed by atoms with E-state index in [-0.39, 0.29) is 24.3 Å². The maximum atomic E-state index is 13.1. The highest BCUT2D eigenvalue weighted by Gasteiger charge is 2.41. The van der Waals surface area contributed by atoms with Crippen molar-refractivity contribution in [1.29, 1.82) is 0 Å². The molecule has 3 amide bonds. The highest BCUT2D eigenvalue weighted by molar-refractivity contribution is 6.10. The largest absolute Gasteiger partial charge is 0.476 e. The van der Waals surface area contributed by atoms with Gasteiger partial charge in [0, 0.05) is 16.9 Å². The van der Waals surface area contributed by atoms with E-state index in [9.17, 15) is 14.4 Å². The minimum atomic E-state index is -1.15. The molecule has 7 nitrogen and oxygen atoms in total. The zero-order valence-electron chi connectivity index (χ0n) is 18.7. The zero-order valence-corrected chi connectivity index (χ0v) is 18.7. The van der Waals surface area contributed by atoms with Gasteiger partial charge >= 0.3 is 0 Å². The average Bonchev–Trinajstić information content (AvgIpc) is 2.77. The summed E-state index contributed by atoms with van der Waals surface area (Å²) in [6.45, 7) is 5.03. The molecule has 3 aromatic rings. The summed E-state index contributed by atoms with van der Waals surface area (Å²) in [6, 6.07) is 21.3. The molecule has 2 N–H and O–H groups in total. The summed E-state index contributed by atoms with van der Waals surface area (Å²) in [5.41, 5.74) is 1.89. The minimum absolute atomic E-state index is 0.212. The van der Waals surface area contributed by atoms with Crippen LogP contribution in [0.3, 0.4) is 0 Å². The topological polar surface area (TPSA) is 87.7 Å². The highest BCUT2D eigenvalue weighted by Crippen LogP contribution is 2.38. The molecule has 0 saturated carbocycles. The molecule has 0 aromatic heterocycles. The van der Waals surface area contributed by atoms with E-state index in [0.29, 0.717) is 28.4 Å². The van der Waals surface area contributed by atoms with Crippen molar-refractivity contribution in [3.8, 4) is 5.75 Å². The summed E-state index contributed by atoms with van der Waals surface area (Å²) < 4.78 is 5.88. The summed E-state index contributed by atoms with van der Waals surface area (Å²) in [4.78, 5) is 40.1. The van der Waals surface area contributed by atoms with Gasteiger partial charge in [-0.25, -0.2) is 0 Å². The van der Waals surface area contributed by atoms with Crippen LogP contribution in [0.15, 0.2) is 72.8 Å². The lowest BCUT2D eigenvalue weighted by Crippen LogP contribution is -2.54. The molecule has 1 aliphatic rings. The second-order valence-corrected chi connectivity index (χ2v) is 8.42. The van der Waals surface area contributed by atoms with Crippen LogP contribution in [-0.2, 0) is 9.59 Å². The molecule has 0 aliphatic carbocycles. The number of fused-ring (bicyclic) bond motifs is 1. The zero-order chi connectivity index (χ0) is 23.6. The number of amides is 3. The standard InChI is InChI=1S/C26H25N3O4/c1-17-8-7-11-20(14-17)27-23(30)16-29-21-15-18(24(31)28-19-9-5-4-6-10-19)12-13-22(21)33-26(2,3)25(29)32/h4-15H,16H2,1-3H3,(H,27,30)(H,28,31). The molecule has 3 aromatic carbocycles. The summed E-state index contributed by atoms with van der Waals surface area (Å²) in [6.07, 6.45) is 0. The number of carbonyl (C=O) groups is 3. The molecule has 4 rings (SSSR count). The number of anilines is 3. The van der Waals surface area contributed by atoms with Crippen LogP contribution < -0.4 is 20.3 Å². The van der Waals surface area contributed by atoms with Gasteiger partial charge in [0.05, 0.1) is 5.69 Å². The van der Waals surface area contributed by atoms with Crippen molar-refractivity contribution in [2.75, 3.05) is 22.1 Å². The van der Waals surface area contributed by atoms with E-state index in [2.05, 4.69) is 10.6 Å². The third-order valence-corrected chi connectivity index (χ3v) is 5.27. The normalized spacial score (nSPS) is 14.2. The van der Waals surface area contributed by atoms with Gasteiger partial charge in [-0.3, -0.25) is 19.3 Å². The number of aryl methyl sites for hydroxylation is 1. The van der Waals surface area contributed by atoms with Crippen LogP contribution >= 0.6 is 0 Å². The quantitative estimate of drug-likeness (QED) is 0.612. The van der Waals surface area contributed by atoms with Crippen LogP contribution in [0, 0.1) is 6.92 Å². The van der Waals surface area contributed by atoms with E-state index in [0.717, 1.165) is 5.56 Å². The summed E-state index contributed by atoms with van der Waals surface area (Å²) in [7, 11) is 0. The molecular weight excluding hydrogens is 418 g/mol. The van der Waals surface area contributed by atoms with Gasteiger partial charge in [-0.2, -0.15) is 0 Å². The molecular formula is C26H25N3O4. The lowest BCUT2D eigenvalue weighted by molar-refractivity contribution is -0.133. The number of nitrogens with one attached hydrogen (secondary N) is 2. The first kappa shape index (κ1) is 22.1. The Hall–Kier alpha value is -4.13. The van der Waals surface area contributed by atoms with E-state index in [1.807, 2.05) is 43.3 Å².